The highest BCUT2D eigenvalue weighted by molar-refractivity contribution is 8.00. The first-order chi connectivity index (χ1) is 15.9. The molecule has 0 fully saturated rings. The SMILES string of the molecule is CCC(Sc1nnc(C(C)Oc2cccc(OC)c2)n1CC(C)C)C(=O)Nc1ccccc1. The summed E-state index contributed by atoms with van der Waals surface area (Å²) < 4.78 is 13.5. The first-order valence-electron chi connectivity index (χ1n) is 11.2. The standard InChI is InChI=1S/C25H32N4O3S/c1-6-22(24(30)26-19-11-8-7-9-12-19)33-25-28-27-23(29(25)16-17(2)3)18(4)32-21-14-10-13-20(15-21)31-5/h7-15,17-18,22H,6,16H2,1-5H3,(H,26,30). The normalized spacial score (nSPS) is 12.9. The van der Waals surface area contributed by atoms with E-state index >= 15 is 0 Å². The van der Waals surface area contributed by atoms with Gasteiger partial charge in [-0.05, 0) is 43.5 Å². The largest absolute Gasteiger partial charge is 0.497 e. The fraction of sp³-hybridized carbons (Fsp3) is 0.400. The van der Waals surface area contributed by atoms with Crippen molar-refractivity contribution < 1.29 is 14.3 Å². The van der Waals surface area contributed by atoms with Gasteiger partial charge < -0.3 is 19.4 Å². The summed E-state index contributed by atoms with van der Waals surface area (Å²) in [5, 5.41) is 12.3. The molecule has 2 unspecified atom stereocenters. The van der Waals surface area contributed by atoms with Crippen molar-refractivity contribution in [2.45, 2.75) is 57.2 Å². The van der Waals surface area contributed by atoms with Crippen LogP contribution < -0.4 is 14.8 Å². The zero-order valence-electron chi connectivity index (χ0n) is 19.8. The molecule has 0 bridgehead atoms. The number of nitrogens with one attached hydrogen (secondary N) is 1. The third-order valence-corrected chi connectivity index (χ3v) is 6.31. The van der Waals surface area contributed by atoms with Crippen LogP contribution >= 0.6 is 11.8 Å². The Kier molecular flexibility index (Phi) is 8.77. The summed E-state index contributed by atoms with van der Waals surface area (Å²) in [5.41, 5.74) is 0.784. The van der Waals surface area contributed by atoms with Gasteiger partial charge in [0.05, 0.1) is 12.4 Å². The number of amides is 1. The molecule has 33 heavy (non-hydrogen) atoms. The topological polar surface area (TPSA) is 78.3 Å². The van der Waals surface area contributed by atoms with Crippen molar-refractivity contribution in [1.82, 2.24) is 14.8 Å². The van der Waals surface area contributed by atoms with Gasteiger partial charge in [-0.1, -0.05) is 56.8 Å². The highest BCUT2D eigenvalue weighted by Gasteiger charge is 2.25. The summed E-state index contributed by atoms with van der Waals surface area (Å²) in [4.78, 5) is 12.9. The highest BCUT2D eigenvalue weighted by atomic mass is 32.2. The third kappa shape index (κ3) is 6.74. The number of hydrogen-bond donors (Lipinski definition) is 1. The molecule has 7 nitrogen and oxygen atoms in total. The Labute approximate surface area is 199 Å². The van der Waals surface area contributed by atoms with Gasteiger partial charge in [-0.2, -0.15) is 0 Å². The molecule has 3 aromatic rings. The zero-order valence-corrected chi connectivity index (χ0v) is 20.6. The highest BCUT2D eigenvalue weighted by Crippen LogP contribution is 2.30. The molecule has 0 aliphatic rings. The quantitative estimate of drug-likeness (QED) is 0.370. The van der Waals surface area contributed by atoms with Crippen molar-refractivity contribution in [2.75, 3.05) is 12.4 Å². The van der Waals surface area contributed by atoms with Crippen LogP contribution in [-0.4, -0.2) is 33.0 Å². The number of carbonyl (C=O) groups excluding carboxylic acids is 1. The van der Waals surface area contributed by atoms with E-state index in [0.29, 0.717) is 18.1 Å². The minimum atomic E-state index is -0.323. The van der Waals surface area contributed by atoms with Crippen LogP contribution in [0.2, 0.25) is 0 Å². The molecule has 1 amide bonds. The fourth-order valence-electron chi connectivity index (χ4n) is 3.35. The van der Waals surface area contributed by atoms with E-state index in [2.05, 4.69) is 33.9 Å². The van der Waals surface area contributed by atoms with E-state index in [0.717, 1.165) is 29.0 Å². The molecule has 0 aliphatic heterocycles. The van der Waals surface area contributed by atoms with Crippen molar-refractivity contribution in [2.24, 2.45) is 5.92 Å². The van der Waals surface area contributed by atoms with Crippen LogP contribution in [-0.2, 0) is 11.3 Å². The Bertz CT molecular complexity index is 1040. The van der Waals surface area contributed by atoms with Gasteiger partial charge in [-0.25, -0.2) is 0 Å². The molecule has 2 atom stereocenters. The van der Waals surface area contributed by atoms with Crippen LogP contribution in [0, 0.1) is 5.92 Å². The number of para-hydroxylation sites is 1. The van der Waals surface area contributed by atoms with Crippen molar-refractivity contribution in [1.29, 1.82) is 0 Å². The second kappa shape index (κ2) is 11.7. The van der Waals surface area contributed by atoms with Gasteiger partial charge in [0.1, 0.15) is 11.5 Å². The molecule has 0 spiro atoms. The van der Waals surface area contributed by atoms with Gasteiger partial charge in [0.2, 0.25) is 5.91 Å². The minimum Gasteiger partial charge on any atom is -0.497 e. The molecule has 2 aromatic carbocycles. The Hall–Kier alpha value is -3.00. The molecule has 0 saturated carbocycles. The van der Waals surface area contributed by atoms with Gasteiger partial charge in [-0.3, -0.25) is 4.79 Å². The molecule has 1 N–H and O–H groups in total. The second-order valence-corrected chi connectivity index (χ2v) is 9.32. The molecular weight excluding hydrogens is 436 g/mol. The van der Waals surface area contributed by atoms with E-state index in [1.807, 2.05) is 68.4 Å². The maximum absolute atomic E-state index is 12.9. The summed E-state index contributed by atoms with van der Waals surface area (Å²) in [6, 6.07) is 17.0. The molecule has 0 radical (unpaired) electrons. The van der Waals surface area contributed by atoms with E-state index in [4.69, 9.17) is 9.47 Å². The number of nitrogens with zero attached hydrogens (tertiary/aromatic N) is 3. The number of ether oxygens (including phenoxy) is 2. The van der Waals surface area contributed by atoms with Crippen molar-refractivity contribution >= 4 is 23.4 Å². The van der Waals surface area contributed by atoms with E-state index < -0.39 is 0 Å². The maximum Gasteiger partial charge on any atom is 0.237 e. The van der Waals surface area contributed by atoms with Gasteiger partial charge in [0, 0.05) is 18.3 Å². The molecule has 0 aliphatic carbocycles. The number of thioether (sulfide) groups is 1. The van der Waals surface area contributed by atoms with Crippen molar-refractivity contribution in [3.8, 4) is 11.5 Å². The van der Waals surface area contributed by atoms with Gasteiger partial charge in [0.15, 0.2) is 17.1 Å². The molecule has 8 heteroatoms. The number of carbonyl (C=O) groups is 1. The van der Waals surface area contributed by atoms with Crippen molar-refractivity contribution in [3.63, 3.8) is 0 Å². The van der Waals surface area contributed by atoms with E-state index in [9.17, 15) is 4.79 Å². The summed E-state index contributed by atoms with van der Waals surface area (Å²) in [5.74, 6) is 2.49. The molecule has 3 rings (SSSR count). The first-order valence-corrected chi connectivity index (χ1v) is 12.1. The Morgan fingerprint density at radius 1 is 1.06 bits per heavy atom. The molecule has 1 heterocycles. The average Bonchev–Trinajstić information content (AvgIpc) is 3.19. The van der Waals surface area contributed by atoms with Gasteiger partial charge in [0.25, 0.3) is 0 Å². The smallest absolute Gasteiger partial charge is 0.237 e. The van der Waals surface area contributed by atoms with E-state index in [1.165, 1.54) is 11.8 Å². The van der Waals surface area contributed by atoms with Crippen molar-refractivity contribution in [3.05, 3.63) is 60.4 Å². The summed E-state index contributed by atoms with van der Waals surface area (Å²) in [6.07, 6.45) is 0.346. The van der Waals surface area contributed by atoms with Gasteiger partial charge >= 0.3 is 0 Å². The molecule has 0 saturated heterocycles. The van der Waals surface area contributed by atoms with Crippen LogP contribution in [0.15, 0.2) is 59.8 Å². The predicted octanol–water partition coefficient (Wildman–Crippen LogP) is 5.59. The van der Waals surface area contributed by atoms with Crippen LogP contribution in [0.1, 0.15) is 46.0 Å². The summed E-state index contributed by atoms with van der Waals surface area (Å²) in [7, 11) is 1.63. The predicted molar refractivity (Wildman–Crippen MR) is 132 cm³/mol. The maximum atomic E-state index is 12.9. The third-order valence-electron chi connectivity index (χ3n) is 4.96. The lowest BCUT2D eigenvalue weighted by Gasteiger charge is -2.19. The Balaban J connectivity index is 1.79. The second-order valence-electron chi connectivity index (χ2n) is 8.15. The lowest BCUT2D eigenvalue weighted by Crippen LogP contribution is -2.25. The monoisotopic (exact) mass is 468 g/mol. The van der Waals surface area contributed by atoms with E-state index in [1.54, 1.807) is 7.11 Å². The molecule has 176 valence electrons. The van der Waals surface area contributed by atoms with Crippen LogP contribution in [0.25, 0.3) is 0 Å². The fourth-order valence-corrected chi connectivity index (χ4v) is 4.32. The van der Waals surface area contributed by atoms with Crippen LogP contribution in [0.5, 0.6) is 11.5 Å². The minimum absolute atomic E-state index is 0.0463. The molecular formula is C25H32N4O3S. The summed E-state index contributed by atoms with van der Waals surface area (Å²) in [6.45, 7) is 8.97. The number of benzene rings is 2. The number of methoxy groups -OCH3 is 1. The average molecular weight is 469 g/mol. The number of rotatable bonds is 11. The Morgan fingerprint density at radius 3 is 2.45 bits per heavy atom. The number of anilines is 1. The van der Waals surface area contributed by atoms with E-state index in [-0.39, 0.29) is 17.3 Å². The number of aromatic nitrogens is 3. The van der Waals surface area contributed by atoms with Crippen LogP contribution in [0.3, 0.4) is 0 Å². The first kappa shape index (κ1) is 24.6. The number of hydrogen-bond acceptors (Lipinski definition) is 6. The Morgan fingerprint density at radius 2 is 1.79 bits per heavy atom. The zero-order chi connectivity index (χ0) is 23.8. The lowest BCUT2D eigenvalue weighted by molar-refractivity contribution is -0.115. The van der Waals surface area contributed by atoms with Gasteiger partial charge in [-0.15, -0.1) is 10.2 Å². The summed E-state index contributed by atoms with van der Waals surface area (Å²) >= 11 is 1.44. The lowest BCUT2D eigenvalue weighted by atomic mass is 10.2. The van der Waals surface area contributed by atoms with Crippen LogP contribution in [0.4, 0.5) is 5.69 Å². The molecule has 1 aromatic heterocycles.